The number of carbonyl (C=O) groups excluding carboxylic acids is 4. The lowest BCUT2D eigenvalue weighted by Gasteiger charge is -2.37. The van der Waals surface area contributed by atoms with E-state index in [0.717, 1.165) is 180 Å². The second-order valence-electron chi connectivity index (χ2n) is 34.4. The fourth-order valence-corrected chi connectivity index (χ4v) is 18.7. The molecule has 139 heavy (non-hydrogen) atoms. The van der Waals surface area contributed by atoms with E-state index in [1.807, 2.05) is 92.5 Å². The third-order valence-corrected chi connectivity index (χ3v) is 25.2. The standard InChI is InChI=1S/C26H24N6O2.2C25H23N7O2.C24H18F3N7O2.ClH/c1-16-11-19(5-8-27-16)18-3-4-22-23(12-18)32(21-7-10-31(22)15-21)26(33)30-25-13-20(6-9-28-25)24-14-29-17(2)34-24;1-15-11-17(5-8-26-15)20-3-4-21-24(29-20)32(19-7-10-31(21)14-19)25(33)30-23-12-18(6-9-27-23)22-13-28-16(2)34-22;1-15-11-17(5-8-26-15)20-3-4-22-24(29-20)32(19-7-10-31(22)13-19)25(33)30-23-12-18(6-9-27-23)21-14-34-16(2)28-21;25-24(26,27)20-9-14(3-6-29-20)17-1-2-18-22(31-17)34(16-5-8-33(18)12-16)23(35)32-21-10-15(4-7-30-21)19-11-28-13-36-19;/h3-6,8-9,11-14,21H,7,10,15H2,1-2H3,(H,28,30,33);3-6,8-9,11-13,19H,7,10,14H2,1-2H3,(H,27,30,33);3-6,8-9,11-12,14,19H,7,10,13H2,1-2H3,(H,27,30,33);1-4,6-7,9-11,13,16H,5,8,12H2,(H,30,32,35);1H/t21-;2*19-;16-;/m0100./s1. The summed E-state index contributed by atoms with van der Waals surface area (Å²) in [5, 5.41) is 11.8. The fourth-order valence-electron chi connectivity index (χ4n) is 18.7. The van der Waals surface area contributed by atoms with Crippen molar-refractivity contribution in [1.29, 1.82) is 0 Å². The van der Waals surface area contributed by atoms with Crippen LogP contribution in [0.25, 0.3) is 90.1 Å². The molecule has 700 valence electrons. The molecule has 39 heteroatoms. The van der Waals surface area contributed by atoms with Gasteiger partial charge in [-0.15, -0.1) is 12.4 Å². The van der Waals surface area contributed by atoms with Gasteiger partial charge in [0.15, 0.2) is 58.8 Å². The van der Waals surface area contributed by atoms with Gasteiger partial charge in [0, 0.05) is 179 Å². The molecular formula is C100H89ClF3N27O8. The number of aryl methyl sites for hydroxylation is 6. The Morgan fingerprint density at radius 1 is 0.331 bits per heavy atom. The molecular weight excluding hydrogens is 1800 g/mol. The van der Waals surface area contributed by atoms with Crippen LogP contribution in [0.2, 0.25) is 0 Å². The quantitative estimate of drug-likeness (QED) is 0.0882. The summed E-state index contributed by atoms with van der Waals surface area (Å²) in [6.45, 7) is 17.8. The number of pyridine rings is 11. The Morgan fingerprint density at radius 2 is 0.683 bits per heavy atom. The third-order valence-electron chi connectivity index (χ3n) is 25.2. The summed E-state index contributed by atoms with van der Waals surface area (Å²) < 4.78 is 61.5. The minimum Gasteiger partial charge on any atom is -0.449 e. The Hall–Kier alpha value is -16.9. The lowest BCUT2D eigenvalue weighted by atomic mass is 10.0. The van der Waals surface area contributed by atoms with Gasteiger partial charge in [0.2, 0.25) is 0 Å². The highest BCUT2D eigenvalue weighted by Crippen LogP contribution is 2.47. The predicted molar refractivity (Wildman–Crippen MR) is 520 cm³/mol. The molecule has 8 aliphatic rings. The van der Waals surface area contributed by atoms with Crippen molar-refractivity contribution in [3.8, 4) is 90.1 Å². The van der Waals surface area contributed by atoms with Gasteiger partial charge in [-0.1, -0.05) is 6.07 Å². The fraction of sp³-hybridized carbons (Fsp3) is 0.230. The van der Waals surface area contributed by atoms with Crippen molar-refractivity contribution in [2.75, 3.05) is 113 Å². The number of benzene rings is 1. The molecule has 24 rings (SSSR count). The first-order valence-corrected chi connectivity index (χ1v) is 44.9. The maximum atomic E-state index is 13.6. The maximum absolute atomic E-state index is 13.6. The summed E-state index contributed by atoms with van der Waals surface area (Å²) >= 11 is 0. The Morgan fingerprint density at radius 3 is 1.08 bits per heavy atom. The number of hydrogen-bond acceptors (Lipinski definition) is 27. The number of halogens is 4. The van der Waals surface area contributed by atoms with Crippen molar-refractivity contribution in [3.63, 3.8) is 0 Å². The van der Waals surface area contributed by atoms with Gasteiger partial charge < -0.3 is 37.3 Å². The molecule has 4 fully saturated rings. The van der Waals surface area contributed by atoms with Crippen LogP contribution in [0.3, 0.4) is 0 Å². The molecule has 0 spiro atoms. The van der Waals surface area contributed by atoms with Crippen LogP contribution in [-0.2, 0) is 6.18 Å². The molecule has 0 aliphatic carbocycles. The largest absolute Gasteiger partial charge is 0.449 e. The molecule has 15 aromatic heterocycles. The van der Waals surface area contributed by atoms with Crippen LogP contribution >= 0.6 is 12.4 Å². The zero-order valence-corrected chi connectivity index (χ0v) is 76.6. The van der Waals surface area contributed by atoms with Gasteiger partial charge in [-0.25, -0.2) is 74.0 Å². The molecule has 0 saturated carbocycles. The number of urea groups is 4. The van der Waals surface area contributed by atoms with Gasteiger partial charge in [0.05, 0.1) is 88.3 Å². The maximum Gasteiger partial charge on any atom is 0.433 e. The average Bonchev–Trinajstić information content (AvgIpc) is 1.64. The van der Waals surface area contributed by atoms with E-state index in [0.29, 0.717) is 99.2 Å². The van der Waals surface area contributed by atoms with Crippen molar-refractivity contribution in [2.45, 2.75) is 97.6 Å². The molecule has 4 atom stereocenters. The number of nitrogens with zero attached hydrogens (tertiary/aromatic N) is 23. The lowest BCUT2D eigenvalue weighted by molar-refractivity contribution is -0.141. The summed E-state index contributed by atoms with van der Waals surface area (Å²) in [7, 11) is 0. The van der Waals surface area contributed by atoms with Gasteiger partial charge >= 0.3 is 30.3 Å². The minimum absolute atomic E-state index is 0. The number of amides is 8. The summed E-state index contributed by atoms with van der Waals surface area (Å²) in [6, 6.07) is 45.5. The van der Waals surface area contributed by atoms with Crippen LogP contribution in [-0.4, -0.2) is 175 Å². The SMILES string of the molecule is Cc1cc(-c2ccc3c(c2)N(C(=O)Nc2cc(-c4cnc(C)o4)ccn2)[C@H]2CCN3C2)ccn1.Cc1cc(-c2ccc3c(n2)N(C(=O)Nc2cc(-c4cnc(C)o4)ccn2)[C@@H]2CCN3C2)ccn1.Cc1cc(-c2ccc3c(n2)N(C(=O)Nc2cc(-c4coc(C)n4)ccn2)[C@H]2CCN3C2)ccn1.Cl.O=C(Nc1cc(-c2cnco2)ccn1)N1c2nc(-c3ccnc(C(F)(F)F)c3)ccc2N2CC[C@H]1C2. The Labute approximate surface area is 799 Å². The molecule has 8 bridgehead atoms. The number of nitrogens with one attached hydrogen (secondary N) is 4. The highest BCUT2D eigenvalue weighted by molar-refractivity contribution is 6.08. The van der Waals surface area contributed by atoms with Gasteiger partial charge in [-0.05, 0) is 203 Å². The second-order valence-corrected chi connectivity index (χ2v) is 34.4. The van der Waals surface area contributed by atoms with E-state index in [4.69, 9.17) is 27.6 Å². The zero-order valence-electron chi connectivity index (χ0n) is 75.8. The van der Waals surface area contributed by atoms with Crippen molar-refractivity contribution in [3.05, 3.63) is 273 Å². The molecule has 35 nitrogen and oxygen atoms in total. The van der Waals surface area contributed by atoms with E-state index >= 15 is 0 Å². The monoisotopic (exact) mass is 1890 g/mol. The molecule has 4 saturated heterocycles. The van der Waals surface area contributed by atoms with E-state index in [2.05, 4.69) is 142 Å². The third kappa shape index (κ3) is 18.7. The topological polar surface area (TPSA) is 388 Å². The summed E-state index contributed by atoms with van der Waals surface area (Å²) in [6.07, 6.45) is 19.6. The summed E-state index contributed by atoms with van der Waals surface area (Å²) in [4.78, 5) is 135. The molecule has 1 aromatic carbocycles. The summed E-state index contributed by atoms with van der Waals surface area (Å²) in [5.41, 5.74) is 16.6. The van der Waals surface area contributed by atoms with Crippen molar-refractivity contribution >= 4 is 106 Å². The first kappa shape index (κ1) is 89.9. The highest BCUT2D eigenvalue weighted by atomic mass is 35.5. The number of anilines is 12. The van der Waals surface area contributed by atoms with E-state index in [1.54, 1.807) is 140 Å². The molecule has 8 aliphatic heterocycles. The van der Waals surface area contributed by atoms with Crippen LogP contribution < -0.4 is 60.5 Å². The molecule has 0 radical (unpaired) electrons. The second kappa shape index (κ2) is 37.7. The number of hydrogen-bond donors (Lipinski definition) is 4. The van der Waals surface area contributed by atoms with Crippen LogP contribution in [0, 0.1) is 41.5 Å². The minimum atomic E-state index is -4.58. The van der Waals surface area contributed by atoms with Gasteiger partial charge in [-0.3, -0.25) is 60.8 Å². The Bertz CT molecular complexity index is 6860. The van der Waals surface area contributed by atoms with Crippen LogP contribution in [0.4, 0.5) is 102 Å². The predicted octanol–water partition coefficient (Wildman–Crippen LogP) is 19.2. The Balaban J connectivity index is 0.000000114. The molecule has 0 unspecified atom stereocenters. The molecule has 8 amide bonds. The van der Waals surface area contributed by atoms with Crippen molar-refractivity contribution < 1.29 is 50.0 Å². The van der Waals surface area contributed by atoms with Crippen LogP contribution in [0.1, 0.15) is 66.1 Å². The molecule has 4 N–H and O–H groups in total. The van der Waals surface area contributed by atoms with Crippen LogP contribution in [0.15, 0.2) is 250 Å². The number of oxazole rings is 4. The van der Waals surface area contributed by atoms with E-state index in [-0.39, 0.29) is 60.2 Å². The van der Waals surface area contributed by atoms with Gasteiger partial charge in [0.25, 0.3) is 0 Å². The molecule has 23 heterocycles. The number of aromatic nitrogens is 15. The number of carbonyl (C=O) groups is 4. The van der Waals surface area contributed by atoms with E-state index in [1.165, 1.54) is 12.5 Å². The normalized spacial score (nSPS) is 16.4. The van der Waals surface area contributed by atoms with E-state index < -0.39 is 17.9 Å². The van der Waals surface area contributed by atoms with Gasteiger partial charge in [-0.2, -0.15) is 13.2 Å². The number of rotatable bonds is 12. The van der Waals surface area contributed by atoms with Crippen molar-refractivity contribution in [1.82, 2.24) is 74.8 Å². The average molecular weight is 1890 g/mol. The highest BCUT2D eigenvalue weighted by Gasteiger charge is 2.46. The van der Waals surface area contributed by atoms with E-state index in [9.17, 15) is 32.3 Å². The molecule has 16 aromatic rings. The van der Waals surface area contributed by atoms with Gasteiger partial charge in [0.1, 0.15) is 40.9 Å². The first-order valence-electron chi connectivity index (χ1n) is 44.9. The lowest BCUT2D eigenvalue weighted by Crippen LogP contribution is -2.48. The Kier molecular flexibility index (Phi) is 24.4. The zero-order chi connectivity index (χ0) is 94.6. The van der Waals surface area contributed by atoms with Crippen molar-refractivity contribution in [2.24, 2.45) is 0 Å². The smallest absolute Gasteiger partial charge is 0.433 e. The first-order chi connectivity index (χ1) is 67.0. The summed E-state index contributed by atoms with van der Waals surface area (Å²) in [5.74, 6) is 6.96. The number of alkyl halides is 3. The van der Waals surface area contributed by atoms with Crippen LogP contribution in [0.5, 0.6) is 0 Å². The number of fused-ring (bicyclic) bond motifs is 16.